The van der Waals surface area contributed by atoms with E-state index in [-0.39, 0.29) is 43.1 Å². The first kappa shape index (κ1) is 43.5. The summed E-state index contributed by atoms with van der Waals surface area (Å²) in [6.07, 6.45) is 2.77. The summed E-state index contributed by atoms with van der Waals surface area (Å²) in [7, 11) is 0. The van der Waals surface area contributed by atoms with Gasteiger partial charge in [-0.25, -0.2) is 0 Å². The Kier molecular flexibility index (Phi) is 12.4. The first-order valence-corrected chi connectivity index (χ1v) is 20.5. The quantitative estimate of drug-likeness (QED) is 0.162. The van der Waals surface area contributed by atoms with Crippen molar-refractivity contribution in [3.05, 3.63) is 173 Å². The van der Waals surface area contributed by atoms with Crippen molar-refractivity contribution in [1.29, 1.82) is 0 Å². The number of pyridine rings is 2. The molecule has 0 spiro atoms. The molecule has 0 aliphatic rings. The number of aryl methyl sites for hydroxylation is 2. The van der Waals surface area contributed by atoms with Gasteiger partial charge in [-0.2, -0.15) is 0 Å². The maximum Gasteiger partial charge on any atom is 0.128 e. The molecule has 2 heterocycles. The second-order valence-corrected chi connectivity index (χ2v) is 19.0. The molecule has 304 valence electrons. The van der Waals surface area contributed by atoms with E-state index in [1.807, 2.05) is 6.20 Å². The number of nitrogens with zero attached hydrogens (tertiary/aromatic N) is 2. The molecule has 0 fully saturated rings. The molecule has 3 nitrogen and oxygen atoms in total. The van der Waals surface area contributed by atoms with Crippen LogP contribution in [0, 0.1) is 19.9 Å². The molecule has 59 heavy (non-hydrogen) atoms. The van der Waals surface area contributed by atoms with Gasteiger partial charge in [-0.1, -0.05) is 164 Å². The number of aromatic hydroxyl groups is 1. The third-order valence-electron chi connectivity index (χ3n) is 11.2. The average molecular weight is 957 g/mol. The number of benzene rings is 5. The topological polar surface area (TPSA) is 46.0 Å². The Morgan fingerprint density at radius 3 is 1.69 bits per heavy atom. The SMILES string of the molecule is Cc1cccc(C)c1-c1ccnc(-c2[c-]c(-c3cc(-c4ccc(Cc5ccccc5)cc4)cc(-c4cc(C(C)(C)C)cc(C(C)(C)C)c4O)n3)cc(C(C)(C)C)c2)c1.[Pt]. The van der Waals surface area contributed by atoms with Crippen molar-refractivity contribution in [3.63, 3.8) is 0 Å². The molecule has 0 atom stereocenters. The van der Waals surface area contributed by atoms with Gasteiger partial charge in [0, 0.05) is 49.8 Å². The van der Waals surface area contributed by atoms with Crippen molar-refractivity contribution in [2.24, 2.45) is 0 Å². The molecule has 2 aromatic heterocycles. The summed E-state index contributed by atoms with van der Waals surface area (Å²) in [6.45, 7) is 24.2. The van der Waals surface area contributed by atoms with Crippen LogP contribution < -0.4 is 0 Å². The van der Waals surface area contributed by atoms with Gasteiger partial charge in [0.05, 0.1) is 5.69 Å². The van der Waals surface area contributed by atoms with Crippen LogP contribution in [0.1, 0.15) is 101 Å². The predicted molar refractivity (Wildman–Crippen MR) is 245 cm³/mol. The first-order chi connectivity index (χ1) is 27.3. The van der Waals surface area contributed by atoms with Crippen molar-refractivity contribution in [1.82, 2.24) is 9.97 Å². The maximum atomic E-state index is 12.1. The molecular formula is C55H57N2OPt-. The number of hydrogen-bond acceptors (Lipinski definition) is 3. The molecule has 0 aliphatic heterocycles. The summed E-state index contributed by atoms with van der Waals surface area (Å²) in [6, 6.07) is 47.0. The fourth-order valence-electron chi connectivity index (χ4n) is 7.74. The summed E-state index contributed by atoms with van der Waals surface area (Å²) < 4.78 is 0. The van der Waals surface area contributed by atoms with Crippen molar-refractivity contribution < 1.29 is 26.2 Å². The fourth-order valence-corrected chi connectivity index (χ4v) is 7.74. The number of phenols is 1. The van der Waals surface area contributed by atoms with Crippen LogP contribution in [-0.4, -0.2) is 15.1 Å². The summed E-state index contributed by atoms with van der Waals surface area (Å²) in [5, 5.41) is 12.1. The van der Waals surface area contributed by atoms with Gasteiger partial charge in [0.1, 0.15) is 5.75 Å². The second kappa shape index (κ2) is 16.9. The molecule has 0 bridgehead atoms. The van der Waals surface area contributed by atoms with E-state index in [0.717, 1.165) is 68.0 Å². The number of phenolic OH excluding ortho intramolecular Hbond substituents is 1. The van der Waals surface area contributed by atoms with E-state index >= 15 is 0 Å². The van der Waals surface area contributed by atoms with E-state index in [9.17, 15) is 5.11 Å². The third kappa shape index (κ3) is 9.69. The zero-order chi connectivity index (χ0) is 41.6. The van der Waals surface area contributed by atoms with Gasteiger partial charge in [-0.05, 0) is 105 Å². The molecule has 0 radical (unpaired) electrons. The van der Waals surface area contributed by atoms with Gasteiger partial charge < -0.3 is 5.11 Å². The molecule has 0 saturated carbocycles. The van der Waals surface area contributed by atoms with Gasteiger partial charge in [0.15, 0.2) is 0 Å². The van der Waals surface area contributed by atoms with Crippen LogP contribution in [0.3, 0.4) is 0 Å². The molecule has 0 amide bonds. The number of rotatable bonds is 7. The first-order valence-electron chi connectivity index (χ1n) is 20.5. The minimum absolute atomic E-state index is 0. The van der Waals surface area contributed by atoms with Crippen LogP contribution in [0.5, 0.6) is 5.75 Å². The van der Waals surface area contributed by atoms with Gasteiger partial charge in [-0.3, -0.25) is 9.97 Å². The Morgan fingerprint density at radius 1 is 0.525 bits per heavy atom. The van der Waals surface area contributed by atoms with Gasteiger partial charge in [0.2, 0.25) is 0 Å². The summed E-state index contributed by atoms with van der Waals surface area (Å²) in [5.74, 6) is 0.273. The summed E-state index contributed by atoms with van der Waals surface area (Å²) in [5.41, 5.74) is 17.1. The summed E-state index contributed by atoms with van der Waals surface area (Å²) in [4.78, 5) is 10.3. The largest absolute Gasteiger partial charge is 0.507 e. The van der Waals surface area contributed by atoms with Gasteiger partial charge >= 0.3 is 0 Å². The minimum atomic E-state index is -0.281. The molecule has 4 heteroatoms. The normalized spacial score (nSPS) is 12.0. The molecule has 0 aliphatic carbocycles. The van der Waals surface area contributed by atoms with Crippen LogP contribution in [0.2, 0.25) is 0 Å². The Hall–Kier alpha value is -5.11. The van der Waals surface area contributed by atoms with Crippen LogP contribution in [0.25, 0.3) is 56.0 Å². The second-order valence-electron chi connectivity index (χ2n) is 19.0. The fraction of sp³-hybridized carbons (Fsp3) is 0.273. The standard InChI is InChI=1S/C55H57N2O.Pt/c1-35-16-15-17-36(2)51(35)40-24-25-56-48(30-40)42-27-43(29-44(28-42)53(3,4)5)49-31-41(39-22-20-38(21-23-39)26-37-18-13-12-14-19-37)32-50(57-49)46-33-45(54(6,7)8)34-47(52(46)58)55(9,10)11;/h12-25,28-34,58H,26H2,1-11H3;/q-1;. The maximum absolute atomic E-state index is 12.1. The van der Waals surface area contributed by atoms with Crippen LogP contribution in [0.4, 0.5) is 0 Å². The third-order valence-corrected chi connectivity index (χ3v) is 11.2. The molecule has 7 aromatic rings. The van der Waals surface area contributed by atoms with E-state index in [1.54, 1.807) is 0 Å². The molecule has 0 saturated heterocycles. The van der Waals surface area contributed by atoms with E-state index in [4.69, 9.17) is 9.97 Å². The zero-order valence-corrected chi connectivity index (χ0v) is 38.8. The molecule has 0 unspecified atom stereocenters. The smallest absolute Gasteiger partial charge is 0.128 e. The minimum Gasteiger partial charge on any atom is -0.507 e. The summed E-state index contributed by atoms with van der Waals surface area (Å²) >= 11 is 0. The number of hydrogen-bond donors (Lipinski definition) is 1. The molecule has 1 N–H and O–H groups in total. The van der Waals surface area contributed by atoms with Crippen molar-refractivity contribution in [2.75, 3.05) is 0 Å². The van der Waals surface area contributed by atoms with Crippen molar-refractivity contribution in [2.45, 2.75) is 98.8 Å². The Labute approximate surface area is 367 Å². The van der Waals surface area contributed by atoms with Gasteiger partial charge in [-0.15, -0.1) is 23.8 Å². The molecule has 7 rings (SSSR count). The van der Waals surface area contributed by atoms with Crippen LogP contribution in [-0.2, 0) is 43.7 Å². The average Bonchev–Trinajstić information content (AvgIpc) is 3.17. The molecule has 5 aromatic carbocycles. The van der Waals surface area contributed by atoms with E-state index in [1.165, 1.54) is 33.4 Å². The van der Waals surface area contributed by atoms with E-state index in [0.29, 0.717) is 0 Å². The zero-order valence-electron chi connectivity index (χ0n) is 36.5. The van der Waals surface area contributed by atoms with Gasteiger partial charge in [0.25, 0.3) is 0 Å². The van der Waals surface area contributed by atoms with E-state index < -0.39 is 0 Å². The Morgan fingerprint density at radius 2 is 1.08 bits per heavy atom. The Bertz CT molecular complexity index is 2580. The number of aromatic nitrogens is 2. The monoisotopic (exact) mass is 956 g/mol. The Balaban J connectivity index is 0.00000585. The molecular weight excluding hydrogens is 900 g/mol. The van der Waals surface area contributed by atoms with Crippen molar-refractivity contribution >= 4 is 0 Å². The van der Waals surface area contributed by atoms with Crippen LogP contribution >= 0.6 is 0 Å². The predicted octanol–water partition coefficient (Wildman–Crippen LogP) is 14.4. The van der Waals surface area contributed by atoms with E-state index in [2.05, 4.69) is 204 Å². The van der Waals surface area contributed by atoms with Crippen molar-refractivity contribution in [3.8, 4) is 61.8 Å². The van der Waals surface area contributed by atoms with Crippen LogP contribution in [0.15, 0.2) is 128 Å².